The van der Waals surface area contributed by atoms with E-state index in [2.05, 4.69) is 25.4 Å². The van der Waals surface area contributed by atoms with E-state index in [-0.39, 0.29) is 16.9 Å². The zero-order valence-electron chi connectivity index (χ0n) is 23.9. The minimum Gasteiger partial charge on any atom is -0.488 e. The van der Waals surface area contributed by atoms with Crippen LogP contribution >= 0.6 is 22.9 Å². The number of nitrogens with two attached hydrogens (primary N) is 1. The van der Waals surface area contributed by atoms with Crippen molar-refractivity contribution >= 4 is 55.0 Å². The molecule has 13 heteroatoms. The van der Waals surface area contributed by atoms with Gasteiger partial charge in [0.05, 0.1) is 26.8 Å². The molecule has 4 N–H and O–H groups in total. The lowest BCUT2D eigenvalue weighted by Crippen LogP contribution is -2.52. The van der Waals surface area contributed by atoms with E-state index >= 15 is 0 Å². The summed E-state index contributed by atoms with van der Waals surface area (Å²) in [6, 6.07) is 5.90. The molecule has 4 aromatic rings. The van der Waals surface area contributed by atoms with Crippen LogP contribution < -0.4 is 31.7 Å². The van der Waals surface area contributed by atoms with E-state index in [1.54, 1.807) is 6.07 Å². The van der Waals surface area contributed by atoms with Crippen LogP contribution in [0, 0.1) is 5.82 Å². The van der Waals surface area contributed by atoms with Gasteiger partial charge in [0.25, 0.3) is 0 Å². The second kappa shape index (κ2) is 10.6. The lowest BCUT2D eigenvalue weighted by Gasteiger charge is -2.38. The number of piperidine rings is 1. The number of halogens is 2. The van der Waals surface area contributed by atoms with Crippen molar-refractivity contribution in [2.75, 3.05) is 57.0 Å². The van der Waals surface area contributed by atoms with E-state index in [4.69, 9.17) is 27.1 Å². The lowest BCUT2D eigenvalue weighted by molar-refractivity contribution is 0.137. The number of ether oxygens (including phenoxy) is 1. The molecule has 0 spiro atoms. The number of thiazole rings is 1. The van der Waals surface area contributed by atoms with E-state index in [1.165, 1.54) is 6.07 Å². The number of nitrogen functional groups attached to an aromatic ring is 1. The Labute approximate surface area is 257 Å². The van der Waals surface area contributed by atoms with Gasteiger partial charge in [-0.1, -0.05) is 22.9 Å². The Balaban J connectivity index is 1.33. The van der Waals surface area contributed by atoms with Crippen LogP contribution in [-0.2, 0) is 0 Å². The second-order valence-electron chi connectivity index (χ2n) is 12.3. The average Bonchev–Trinajstić information content (AvgIpc) is 3.57. The molecular formula is C30H34ClFN8O2S. The molecule has 3 fully saturated rings. The number of aromatic nitrogens is 3. The molecular weight excluding hydrogens is 591 g/mol. The molecule has 0 aliphatic carbocycles. The van der Waals surface area contributed by atoms with Gasteiger partial charge in [0, 0.05) is 60.8 Å². The summed E-state index contributed by atoms with van der Waals surface area (Å²) in [5.74, 6) is 0.755. The highest BCUT2D eigenvalue weighted by Crippen LogP contribution is 2.49. The molecule has 4 aliphatic heterocycles. The summed E-state index contributed by atoms with van der Waals surface area (Å²) in [5.41, 5.74) is 8.04. The van der Waals surface area contributed by atoms with Crippen LogP contribution in [0.3, 0.4) is 0 Å². The number of anilines is 2. The SMILES string of the molecule is CNC1CCCN(C[C@H]2COc3c(-c4ccc(F)c5sc(N)nc45)c(Cl)cc4c(N5CC6CCC(C5)N6)nc(=O)n2c34)C1. The van der Waals surface area contributed by atoms with Crippen molar-refractivity contribution in [3.05, 3.63) is 39.5 Å². The largest absolute Gasteiger partial charge is 0.488 e. The van der Waals surface area contributed by atoms with Crippen LogP contribution in [0.4, 0.5) is 15.3 Å². The molecule has 226 valence electrons. The van der Waals surface area contributed by atoms with Crippen molar-refractivity contribution in [2.45, 2.75) is 49.9 Å². The van der Waals surface area contributed by atoms with Gasteiger partial charge < -0.3 is 26.0 Å². The third kappa shape index (κ3) is 4.57. The van der Waals surface area contributed by atoms with Gasteiger partial charge in [0.15, 0.2) is 10.9 Å². The number of piperazine rings is 1. The minimum absolute atomic E-state index is 0.226. The first-order chi connectivity index (χ1) is 20.9. The Morgan fingerprint density at radius 3 is 2.81 bits per heavy atom. The highest BCUT2D eigenvalue weighted by Gasteiger charge is 2.37. The van der Waals surface area contributed by atoms with E-state index in [0.29, 0.717) is 74.7 Å². The van der Waals surface area contributed by atoms with Crippen molar-refractivity contribution in [1.82, 2.24) is 30.1 Å². The Morgan fingerprint density at radius 2 is 2.02 bits per heavy atom. The normalized spacial score (nSPS) is 25.5. The minimum atomic E-state index is -0.391. The first kappa shape index (κ1) is 27.5. The third-order valence-corrected chi connectivity index (χ3v) is 10.8. The fraction of sp³-hybridized carbons (Fsp3) is 0.500. The molecule has 0 amide bonds. The van der Waals surface area contributed by atoms with E-state index in [9.17, 15) is 9.18 Å². The topological polar surface area (TPSA) is 114 Å². The molecule has 3 saturated heterocycles. The number of nitrogens with zero attached hydrogens (tertiary/aromatic N) is 5. The van der Waals surface area contributed by atoms with E-state index < -0.39 is 5.82 Å². The van der Waals surface area contributed by atoms with E-state index in [1.807, 2.05) is 17.7 Å². The summed E-state index contributed by atoms with van der Waals surface area (Å²) < 4.78 is 23.6. The predicted octanol–water partition coefficient (Wildman–Crippen LogP) is 3.61. The van der Waals surface area contributed by atoms with Gasteiger partial charge in [-0.3, -0.25) is 9.47 Å². The number of benzene rings is 2. The smallest absolute Gasteiger partial charge is 0.350 e. The number of fused-ring (bicyclic) bond motifs is 3. The van der Waals surface area contributed by atoms with Crippen molar-refractivity contribution in [2.24, 2.45) is 0 Å². The number of likely N-dealkylation sites (N-methyl/N-ethyl adjacent to an activating group) is 1. The van der Waals surface area contributed by atoms with Gasteiger partial charge in [-0.05, 0) is 57.5 Å². The third-order valence-electron chi connectivity index (χ3n) is 9.56. The van der Waals surface area contributed by atoms with Crippen LogP contribution in [0.1, 0.15) is 31.7 Å². The van der Waals surface area contributed by atoms with Gasteiger partial charge in [0.1, 0.15) is 18.2 Å². The fourth-order valence-electron chi connectivity index (χ4n) is 7.60. The van der Waals surface area contributed by atoms with Crippen molar-refractivity contribution < 1.29 is 9.13 Å². The predicted molar refractivity (Wildman–Crippen MR) is 169 cm³/mol. The second-order valence-corrected chi connectivity index (χ2v) is 13.7. The molecule has 6 heterocycles. The summed E-state index contributed by atoms with van der Waals surface area (Å²) in [6.45, 7) is 4.40. The average molecular weight is 625 g/mol. The summed E-state index contributed by atoms with van der Waals surface area (Å²) in [7, 11) is 2.00. The number of likely N-dealkylation sites (tertiary alicyclic amines) is 1. The van der Waals surface area contributed by atoms with Crippen molar-refractivity contribution in [1.29, 1.82) is 0 Å². The number of hydrogen-bond acceptors (Lipinski definition) is 10. The molecule has 43 heavy (non-hydrogen) atoms. The van der Waals surface area contributed by atoms with Gasteiger partial charge in [-0.2, -0.15) is 4.98 Å². The number of rotatable bonds is 5. The van der Waals surface area contributed by atoms with Gasteiger partial charge in [-0.15, -0.1) is 0 Å². The monoisotopic (exact) mass is 624 g/mol. The molecule has 4 atom stereocenters. The van der Waals surface area contributed by atoms with E-state index in [0.717, 1.165) is 68.6 Å². The van der Waals surface area contributed by atoms with Crippen LogP contribution in [-0.4, -0.2) is 83.9 Å². The number of hydrogen-bond donors (Lipinski definition) is 3. The fourth-order valence-corrected chi connectivity index (χ4v) is 8.67. The Morgan fingerprint density at radius 1 is 1.21 bits per heavy atom. The maximum Gasteiger partial charge on any atom is 0.350 e. The molecule has 10 nitrogen and oxygen atoms in total. The molecule has 0 saturated carbocycles. The Bertz CT molecular complexity index is 1800. The molecule has 2 aromatic heterocycles. The molecule has 2 aromatic carbocycles. The summed E-state index contributed by atoms with van der Waals surface area (Å²) >= 11 is 8.20. The molecule has 4 aliphatic rings. The maximum absolute atomic E-state index is 14.8. The van der Waals surface area contributed by atoms with Crippen LogP contribution in [0.25, 0.3) is 32.2 Å². The standard InChI is InChI=1S/C30H34ClFN8O2S/c1-34-15-3-2-8-38(10-15)13-18-14-42-26-23(19-6-7-22(32)27-24(19)36-29(33)43-27)21(31)9-20-25(26)40(18)30(41)37-28(20)39-11-16-4-5-17(12-39)35-16/h6-7,9,15-18,34-35H,2-5,8,10-14H2,1H3,(H2,33,36)/t15?,16?,17?,18-/m0/s1. The van der Waals surface area contributed by atoms with Crippen LogP contribution in [0.2, 0.25) is 5.02 Å². The van der Waals surface area contributed by atoms with Crippen molar-refractivity contribution in [3.63, 3.8) is 0 Å². The first-order valence-corrected chi connectivity index (χ1v) is 16.2. The maximum atomic E-state index is 14.8. The Kier molecular flexibility index (Phi) is 6.75. The summed E-state index contributed by atoms with van der Waals surface area (Å²) in [4.78, 5) is 27.9. The Hall–Kier alpha value is -3.03. The number of nitrogens with one attached hydrogen (secondary N) is 2. The quantitative estimate of drug-likeness (QED) is 0.306. The molecule has 2 bridgehead atoms. The molecule has 8 rings (SSSR count). The zero-order valence-corrected chi connectivity index (χ0v) is 25.5. The lowest BCUT2D eigenvalue weighted by atomic mass is 9.98. The zero-order chi connectivity index (χ0) is 29.4. The highest BCUT2D eigenvalue weighted by atomic mass is 35.5. The van der Waals surface area contributed by atoms with Gasteiger partial charge in [0.2, 0.25) is 0 Å². The summed E-state index contributed by atoms with van der Waals surface area (Å²) in [5, 5.41) is 8.56. The molecule has 0 radical (unpaired) electrons. The van der Waals surface area contributed by atoms with Gasteiger partial charge in [-0.25, -0.2) is 14.2 Å². The van der Waals surface area contributed by atoms with Crippen LogP contribution in [0.15, 0.2) is 23.0 Å². The summed E-state index contributed by atoms with van der Waals surface area (Å²) in [6.07, 6.45) is 4.45. The first-order valence-electron chi connectivity index (χ1n) is 15.0. The van der Waals surface area contributed by atoms with Crippen LogP contribution in [0.5, 0.6) is 5.75 Å². The van der Waals surface area contributed by atoms with Crippen molar-refractivity contribution in [3.8, 4) is 16.9 Å². The molecule has 3 unspecified atom stereocenters. The van der Waals surface area contributed by atoms with Gasteiger partial charge >= 0.3 is 5.69 Å². The highest BCUT2D eigenvalue weighted by molar-refractivity contribution is 7.22.